The average Bonchev–Trinajstić information content (AvgIpc) is 3.10. The maximum Gasteiger partial charge on any atom is 0.230 e. The largest absolute Gasteiger partial charge is 0.340 e. The molecule has 3 heterocycles. The highest BCUT2D eigenvalue weighted by Gasteiger charge is 2.31. The highest BCUT2D eigenvalue weighted by atomic mass is 16.2. The quantitative estimate of drug-likeness (QED) is 0.869. The van der Waals surface area contributed by atoms with Crippen molar-refractivity contribution >= 4 is 5.91 Å². The Labute approximate surface area is 143 Å². The Bertz CT molecular complexity index is 745. The van der Waals surface area contributed by atoms with E-state index in [0.29, 0.717) is 6.04 Å². The number of hydrogen-bond donors (Lipinski definition) is 0. The predicted molar refractivity (Wildman–Crippen MR) is 92.9 cm³/mol. The maximum absolute atomic E-state index is 13.1. The number of carbonyl (C=O) groups excluding carboxylic acids is 1. The summed E-state index contributed by atoms with van der Waals surface area (Å²) in [4.78, 5) is 19.4. The summed E-state index contributed by atoms with van der Waals surface area (Å²) in [5, 5.41) is 4.46. The molecule has 3 rings (SSSR count). The van der Waals surface area contributed by atoms with E-state index in [9.17, 15) is 4.79 Å². The molecule has 1 aliphatic heterocycles. The zero-order chi connectivity index (χ0) is 17.4. The Kier molecular flexibility index (Phi) is 4.47. The highest BCUT2D eigenvalue weighted by Crippen LogP contribution is 2.28. The number of imidazole rings is 1. The minimum atomic E-state index is -0.152. The molecule has 0 saturated carbocycles. The van der Waals surface area contributed by atoms with E-state index >= 15 is 0 Å². The molecule has 2 aromatic rings. The van der Waals surface area contributed by atoms with E-state index in [1.165, 1.54) is 0 Å². The summed E-state index contributed by atoms with van der Waals surface area (Å²) < 4.78 is 4.06. The van der Waals surface area contributed by atoms with Crippen molar-refractivity contribution in [3.8, 4) is 0 Å². The van der Waals surface area contributed by atoms with Gasteiger partial charge in [0.25, 0.3) is 0 Å². The van der Waals surface area contributed by atoms with E-state index in [0.717, 1.165) is 48.7 Å². The number of aromatic nitrogens is 4. The van der Waals surface area contributed by atoms with Gasteiger partial charge in [-0.2, -0.15) is 5.10 Å². The van der Waals surface area contributed by atoms with Gasteiger partial charge in [-0.3, -0.25) is 9.48 Å². The van der Waals surface area contributed by atoms with Crippen molar-refractivity contribution in [1.29, 1.82) is 0 Å². The van der Waals surface area contributed by atoms with E-state index in [4.69, 9.17) is 0 Å². The first-order valence-corrected chi connectivity index (χ1v) is 8.68. The molecule has 0 spiro atoms. The third kappa shape index (κ3) is 2.85. The van der Waals surface area contributed by atoms with E-state index in [-0.39, 0.29) is 11.8 Å². The van der Waals surface area contributed by atoms with Crippen LogP contribution in [0.15, 0.2) is 12.4 Å². The second-order valence-electron chi connectivity index (χ2n) is 6.89. The molecular weight excluding hydrogens is 302 g/mol. The number of aryl methyl sites for hydroxylation is 3. The van der Waals surface area contributed by atoms with Crippen molar-refractivity contribution in [2.75, 3.05) is 13.1 Å². The van der Waals surface area contributed by atoms with Crippen LogP contribution in [0.5, 0.6) is 0 Å². The summed E-state index contributed by atoms with van der Waals surface area (Å²) in [7, 11) is 1.93. The highest BCUT2D eigenvalue weighted by molar-refractivity contribution is 5.84. The van der Waals surface area contributed by atoms with Gasteiger partial charge in [0.1, 0.15) is 5.82 Å². The van der Waals surface area contributed by atoms with Gasteiger partial charge in [0.2, 0.25) is 5.91 Å². The second kappa shape index (κ2) is 6.42. The first-order chi connectivity index (χ1) is 11.4. The van der Waals surface area contributed by atoms with Crippen LogP contribution < -0.4 is 0 Å². The van der Waals surface area contributed by atoms with E-state index in [1.807, 2.05) is 56.7 Å². The lowest BCUT2D eigenvalue weighted by molar-refractivity contribution is -0.134. The lowest BCUT2D eigenvalue weighted by Gasteiger charge is -2.35. The van der Waals surface area contributed by atoms with Crippen molar-refractivity contribution in [2.24, 2.45) is 7.05 Å². The minimum Gasteiger partial charge on any atom is -0.340 e. The lowest BCUT2D eigenvalue weighted by atomic mass is 9.95. The number of likely N-dealkylation sites (tertiary alicyclic amines) is 1. The summed E-state index contributed by atoms with van der Waals surface area (Å²) >= 11 is 0. The predicted octanol–water partition coefficient (Wildman–Crippen LogP) is 2.51. The average molecular weight is 329 g/mol. The number of carbonyl (C=O) groups is 1. The van der Waals surface area contributed by atoms with E-state index in [1.54, 1.807) is 0 Å². The van der Waals surface area contributed by atoms with Crippen LogP contribution in [0.3, 0.4) is 0 Å². The van der Waals surface area contributed by atoms with Crippen LogP contribution in [-0.4, -0.2) is 43.2 Å². The third-order valence-electron chi connectivity index (χ3n) is 5.33. The van der Waals surface area contributed by atoms with Gasteiger partial charge in [-0.15, -0.1) is 0 Å². The third-order valence-corrected chi connectivity index (χ3v) is 5.33. The number of piperidine rings is 1. The smallest absolute Gasteiger partial charge is 0.230 e. The van der Waals surface area contributed by atoms with Gasteiger partial charge >= 0.3 is 0 Å². The Balaban J connectivity index is 1.78. The molecule has 2 aromatic heterocycles. The number of hydrogen-bond acceptors (Lipinski definition) is 3. The maximum atomic E-state index is 13.1. The fourth-order valence-electron chi connectivity index (χ4n) is 3.97. The standard InChI is InChI=1S/C18H27N5O/c1-12(17-13(2)20-21(5)14(17)3)18(24)22-9-6-7-16(11-22)23-10-8-19-15(23)4/h8,10,12,16H,6-7,9,11H2,1-5H3/t12-,16-/m1/s1. The molecule has 0 N–H and O–H groups in total. The topological polar surface area (TPSA) is 56.0 Å². The summed E-state index contributed by atoms with van der Waals surface area (Å²) in [6.07, 6.45) is 5.99. The Morgan fingerprint density at radius 2 is 2.08 bits per heavy atom. The Morgan fingerprint density at radius 1 is 1.33 bits per heavy atom. The molecule has 0 aliphatic carbocycles. The summed E-state index contributed by atoms with van der Waals surface area (Å²) in [6, 6.07) is 0.327. The molecule has 0 bridgehead atoms. The van der Waals surface area contributed by atoms with Gasteiger partial charge in [-0.05, 0) is 40.5 Å². The zero-order valence-corrected chi connectivity index (χ0v) is 15.3. The fraction of sp³-hybridized carbons (Fsp3) is 0.611. The zero-order valence-electron chi connectivity index (χ0n) is 15.3. The Hall–Kier alpha value is -2.11. The number of nitrogens with zero attached hydrogens (tertiary/aromatic N) is 5. The molecule has 1 fully saturated rings. The second-order valence-corrected chi connectivity index (χ2v) is 6.89. The molecule has 0 aromatic carbocycles. The molecule has 0 unspecified atom stereocenters. The molecule has 130 valence electrons. The summed E-state index contributed by atoms with van der Waals surface area (Å²) in [6.45, 7) is 9.65. The molecule has 1 aliphatic rings. The van der Waals surface area contributed by atoms with Crippen molar-refractivity contribution in [3.05, 3.63) is 35.2 Å². The molecule has 1 amide bonds. The van der Waals surface area contributed by atoms with Gasteiger partial charge in [0.05, 0.1) is 17.7 Å². The van der Waals surface area contributed by atoms with Crippen LogP contribution >= 0.6 is 0 Å². The number of amides is 1. The van der Waals surface area contributed by atoms with Crippen LogP contribution in [0, 0.1) is 20.8 Å². The number of rotatable bonds is 3. The van der Waals surface area contributed by atoms with Gasteiger partial charge in [0.15, 0.2) is 0 Å². The van der Waals surface area contributed by atoms with Crippen LogP contribution in [0.1, 0.15) is 54.5 Å². The molecule has 6 nitrogen and oxygen atoms in total. The van der Waals surface area contributed by atoms with Gasteiger partial charge < -0.3 is 9.47 Å². The van der Waals surface area contributed by atoms with Crippen molar-refractivity contribution in [1.82, 2.24) is 24.2 Å². The van der Waals surface area contributed by atoms with Crippen LogP contribution in [-0.2, 0) is 11.8 Å². The van der Waals surface area contributed by atoms with Gasteiger partial charge in [0, 0.05) is 43.8 Å². The monoisotopic (exact) mass is 329 g/mol. The summed E-state index contributed by atoms with van der Waals surface area (Å²) in [5.41, 5.74) is 3.10. The fourth-order valence-corrected chi connectivity index (χ4v) is 3.97. The molecule has 24 heavy (non-hydrogen) atoms. The van der Waals surface area contributed by atoms with Crippen LogP contribution in [0.4, 0.5) is 0 Å². The minimum absolute atomic E-state index is 0.152. The molecule has 2 atom stereocenters. The van der Waals surface area contributed by atoms with Crippen molar-refractivity contribution in [2.45, 2.75) is 52.5 Å². The van der Waals surface area contributed by atoms with E-state index < -0.39 is 0 Å². The van der Waals surface area contributed by atoms with Crippen LogP contribution in [0.2, 0.25) is 0 Å². The van der Waals surface area contributed by atoms with Gasteiger partial charge in [-0.25, -0.2) is 4.98 Å². The molecule has 1 saturated heterocycles. The normalized spacial score (nSPS) is 19.5. The Morgan fingerprint density at radius 3 is 2.67 bits per heavy atom. The van der Waals surface area contributed by atoms with Gasteiger partial charge in [-0.1, -0.05) is 0 Å². The summed E-state index contributed by atoms with van der Waals surface area (Å²) in [5.74, 6) is 1.07. The van der Waals surface area contributed by atoms with Crippen molar-refractivity contribution < 1.29 is 4.79 Å². The lowest BCUT2D eigenvalue weighted by Crippen LogP contribution is -2.42. The van der Waals surface area contributed by atoms with Crippen molar-refractivity contribution in [3.63, 3.8) is 0 Å². The van der Waals surface area contributed by atoms with E-state index in [2.05, 4.69) is 14.6 Å². The first kappa shape index (κ1) is 16.7. The van der Waals surface area contributed by atoms with Crippen LogP contribution in [0.25, 0.3) is 0 Å². The molecule has 6 heteroatoms. The first-order valence-electron chi connectivity index (χ1n) is 8.68. The molecule has 0 radical (unpaired) electrons. The SMILES string of the molecule is Cc1nn(C)c(C)c1[C@@H](C)C(=O)N1CCC[C@@H](n2ccnc2C)C1. The molecular formula is C18H27N5O.